The number of ether oxygens (including phenoxy) is 1. The molecule has 0 saturated carbocycles. The van der Waals surface area contributed by atoms with Crippen LogP contribution in [0.3, 0.4) is 0 Å². The lowest BCUT2D eigenvalue weighted by molar-refractivity contribution is 0.0107. The Morgan fingerprint density at radius 1 is 1.09 bits per heavy atom. The van der Waals surface area contributed by atoms with Gasteiger partial charge in [0.25, 0.3) is 5.91 Å². The van der Waals surface area contributed by atoms with Gasteiger partial charge in [-0.15, -0.1) is 0 Å². The van der Waals surface area contributed by atoms with E-state index >= 15 is 0 Å². The molecular weight excluding hydrogens is 425 g/mol. The van der Waals surface area contributed by atoms with Crippen LogP contribution in [0.5, 0.6) is 5.75 Å². The summed E-state index contributed by atoms with van der Waals surface area (Å²) in [6, 6.07) is 16.1. The van der Waals surface area contributed by atoms with Crippen LogP contribution in [0, 0.1) is 12.7 Å². The highest BCUT2D eigenvalue weighted by atomic mass is 19.1. The number of carbonyl (C=O) groups excluding carboxylic acids is 1. The third kappa shape index (κ3) is 3.63. The fourth-order valence-electron chi connectivity index (χ4n) is 4.30. The molecule has 1 aliphatic rings. The molecule has 0 radical (unpaired) electrons. The number of benzene rings is 2. The summed E-state index contributed by atoms with van der Waals surface area (Å²) in [7, 11) is 0. The van der Waals surface area contributed by atoms with Gasteiger partial charge in [0.2, 0.25) is 0 Å². The van der Waals surface area contributed by atoms with Crippen molar-refractivity contribution in [3.63, 3.8) is 0 Å². The van der Waals surface area contributed by atoms with Crippen LogP contribution in [0.2, 0.25) is 0 Å². The van der Waals surface area contributed by atoms with E-state index in [1.807, 2.05) is 0 Å². The van der Waals surface area contributed by atoms with Crippen molar-refractivity contribution in [3.8, 4) is 5.75 Å². The Hall–Kier alpha value is -3.75. The molecule has 0 bridgehead atoms. The number of aliphatic hydroxyl groups is 2. The van der Waals surface area contributed by atoms with Crippen molar-refractivity contribution in [1.82, 2.24) is 14.7 Å². The Morgan fingerprint density at radius 2 is 1.82 bits per heavy atom. The average Bonchev–Trinajstić information content (AvgIpc) is 3.28. The smallest absolute Gasteiger partial charge is 0.270 e. The fraction of sp³-hybridized carbons (Fsp3) is 0.200. The molecule has 0 aliphatic heterocycles. The number of carbonyl (C=O) groups is 1. The van der Waals surface area contributed by atoms with Gasteiger partial charge in [0.05, 0.1) is 11.7 Å². The number of aliphatic hydroxyl groups excluding tert-OH is 2. The zero-order chi connectivity index (χ0) is 23.1. The Balaban J connectivity index is 1.43. The summed E-state index contributed by atoms with van der Waals surface area (Å²) < 4.78 is 21.4. The van der Waals surface area contributed by atoms with Crippen molar-refractivity contribution in [2.24, 2.45) is 0 Å². The van der Waals surface area contributed by atoms with Gasteiger partial charge in [-0.3, -0.25) is 9.20 Å². The van der Waals surface area contributed by atoms with Crippen molar-refractivity contribution in [1.29, 1.82) is 0 Å². The van der Waals surface area contributed by atoms with Gasteiger partial charge >= 0.3 is 0 Å². The molecule has 5 rings (SSSR count). The largest absolute Gasteiger partial charge is 0.485 e. The molecule has 1 aliphatic carbocycles. The molecule has 0 fully saturated rings. The molecule has 0 spiro atoms. The molecule has 3 atom stereocenters. The Labute approximate surface area is 189 Å². The van der Waals surface area contributed by atoms with Gasteiger partial charge in [0, 0.05) is 11.8 Å². The average molecular weight is 447 g/mol. The van der Waals surface area contributed by atoms with E-state index in [0.717, 1.165) is 0 Å². The number of fused-ring (bicyclic) bond motifs is 2. The minimum Gasteiger partial charge on any atom is -0.485 e. The first-order valence-electron chi connectivity index (χ1n) is 10.6. The highest BCUT2D eigenvalue weighted by Crippen LogP contribution is 2.39. The maximum absolute atomic E-state index is 13.9. The number of imidazole rings is 1. The summed E-state index contributed by atoms with van der Waals surface area (Å²) in [5.74, 6) is -0.398. The zero-order valence-electron chi connectivity index (χ0n) is 17.8. The van der Waals surface area contributed by atoms with Gasteiger partial charge in [0.15, 0.2) is 11.4 Å². The zero-order valence-corrected chi connectivity index (χ0v) is 17.8. The Bertz CT molecular complexity index is 1350. The molecule has 2 aromatic heterocycles. The lowest BCUT2D eigenvalue weighted by atomic mass is 10.1. The van der Waals surface area contributed by atoms with Crippen LogP contribution in [0.15, 0.2) is 66.9 Å². The second-order valence-corrected chi connectivity index (χ2v) is 8.01. The molecule has 0 unspecified atom stereocenters. The van der Waals surface area contributed by atoms with Gasteiger partial charge in [-0.25, -0.2) is 9.37 Å². The van der Waals surface area contributed by atoms with E-state index in [4.69, 9.17) is 4.74 Å². The van der Waals surface area contributed by atoms with E-state index in [1.54, 1.807) is 72.1 Å². The first kappa shape index (κ1) is 21.1. The number of aromatic nitrogens is 2. The molecule has 33 heavy (non-hydrogen) atoms. The van der Waals surface area contributed by atoms with Crippen molar-refractivity contribution in [2.75, 3.05) is 0 Å². The van der Waals surface area contributed by atoms with E-state index in [1.165, 1.54) is 6.07 Å². The second kappa shape index (κ2) is 8.31. The summed E-state index contributed by atoms with van der Waals surface area (Å²) in [6.45, 7) is 1.72. The molecule has 168 valence electrons. The first-order chi connectivity index (χ1) is 16.0. The highest BCUT2D eigenvalue weighted by Gasteiger charge is 2.39. The number of halogens is 1. The number of nitrogens with zero attached hydrogens (tertiary/aromatic N) is 2. The van der Waals surface area contributed by atoms with E-state index in [-0.39, 0.29) is 18.1 Å². The standard InChI is InChI=1S/C25H22FN3O4/c1-14-21(25(32)28-20-16-8-3-4-9-17(16)22(30)23(20)31)29-12-6-11-19(24(29)27-14)33-13-15-7-2-5-10-18(15)26/h2-12,20,22-23,30-31H,13H2,1H3,(H,28,32)/t20-,22+,23+/m1/s1. The van der Waals surface area contributed by atoms with E-state index in [0.29, 0.717) is 33.8 Å². The molecule has 0 saturated heterocycles. The van der Waals surface area contributed by atoms with Crippen molar-refractivity contribution >= 4 is 11.6 Å². The molecule has 8 heteroatoms. The topological polar surface area (TPSA) is 96.1 Å². The fourth-order valence-corrected chi connectivity index (χ4v) is 4.30. The predicted octanol–water partition coefficient (Wildman–Crippen LogP) is 3.24. The molecule has 3 N–H and O–H groups in total. The predicted molar refractivity (Wildman–Crippen MR) is 118 cm³/mol. The molecule has 1 amide bonds. The summed E-state index contributed by atoms with van der Waals surface area (Å²) >= 11 is 0. The maximum atomic E-state index is 13.9. The Kier molecular flexibility index (Phi) is 5.32. The van der Waals surface area contributed by atoms with Crippen LogP contribution < -0.4 is 10.1 Å². The van der Waals surface area contributed by atoms with Gasteiger partial charge in [-0.05, 0) is 36.2 Å². The molecule has 2 aromatic carbocycles. The number of pyridine rings is 1. The van der Waals surface area contributed by atoms with Crippen molar-refractivity contribution in [3.05, 3.63) is 101 Å². The van der Waals surface area contributed by atoms with E-state index < -0.39 is 24.2 Å². The minimum absolute atomic E-state index is 0.0166. The second-order valence-electron chi connectivity index (χ2n) is 8.01. The van der Waals surface area contributed by atoms with Crippen molar-refractivity contribution < 1.29 is 24.1 Å². The SMILES string of the molecule is Cc1nc2c(OCc3ccccc3F)cccn2c1C(=O)N[C@@H]1c2ccccc2[C@H](O)[C@H]1O. The lowest BCUT2D eigenvalue weighted by Crippen LogP contribution is -2.35. The van der Waals surface area contributed by atoms with E-state index in [9.17, 15) is 19.4 Å². The summed E-state index contributed by atoms with van der Waals surface area (Å²) in [5, 5.41) is 23.7. The van der Waals surface area contributed by atoms with Crippen LogP contribution in [0.4, 0.5) is 4.39 Å². The Morgan fingerprint density at radius 3 is 2.61 bits per heavy atom. The van der Waals surface area contributed by atoms with Crippen LogP contribution in [0.25, 0.3) is 5.65 Å². The molecule has 4 aromatic rings. The normalized spacial score (nSPS) is 19.5. The van der Waals surface area contributed by atoms with Gasteiger partial charge in [-0.2, -0.15) is 0 Å². The summed E-state index contributed by atoms with van der Waals surface area (Å²) in [6.07, 6.45) is -0.549. The number of hydrogen-bond acceptors (Lipinski definition) is 5. The van der Waals surface area contributed by atoms with Crippen LogP contribution in [-0.2, 0) is 6.61 Å². The molecule has 2 heterocycles. The first-order valence-corrected chi connectivity index (χ1v) is 10.6. The lowest BCUT2D eigenvalue weighted by Gasteiger charge is -2.19. The third-order valence-corrected chi connectivity index (χ3v) is 5.95. The quantitative estimate of drug-likeness (QED) is 0.437. The summed E-state index contributed by atoms with van der Waals surface area (Å²) in [5.41, 5.74) is 2.85. The highest BCUT2D eigenvalue weighted by molar-refractivity contribution is 5.95. The maximum Gasteiger partial charge on any atom is 0.270 e. The number of nitrogens with one attached hydrogen (secondary N) is 1. The number of amides is 1. The monoisotopic (exact) mass is 447 g/mol. The van der Waals surface area contributed by atoms with Gasteiger partial charge in [-0.1, -0.05) is 42.5 Å². The number of aryl methyl sites for hydroxylation is 1. The van der Waals surface area contributed by atoms with Crippen LogP contribution in [-0.4, -0.2) is 31.6 Å². The van der Waals surface area contributed by atoms with E-state index in [2.05, 4.69) is 10.3 Å². The van der Waals surface area contributed by atoms with Gasteiger partial charge < -0.3 is 20.3 Å². The number of rotatable bonds is 5. The van der Waals surface area contributed by atoms with Crippen molar-refractivity contribution in [2.45, 2.75) is 31.8 Å². The minimum atomic E-state index is -1.16. The molecular formula is C25H22FN3O4. The van der Waals surface area contributed by atoms with Crippen LogP contribution in [0.1, 0.15) is 45.0 Å². The van der Waals surface area contributed by atoms with Crippen LogP contribution >= 0.6 is 0 Å². The summed E-state index contributed by atoms with van der Waals surface area (Å²) in [4.78, 5) is 17.7. The van der Waals surface area contributed by atoms with Gasteiger partial charge in [0.1, 0.15) is 30.3 Å². The number of hydrogen-bond donors (Lipinski definition) is 3. The third-order valence-electron chi connectivity index (χ3n) is 5.95. The molecule has 7 nitrogen and oxygen atoms in total.